The number of hydrogen-bond donors (Lipinski definition) is 2. The summed E-state index contributed by atoms with van der Waals surface area (Å²) in [6.07, 6.45) is 2.15. The summed E-state index contributed by atoms with van der Waals surface area (Å²) in [5.41, 5.74) is 2.33. The number of fused-ring (bicyclic) bond motifs is 1. The Morgan fingerprint density at radius 1 is 1.41 bits per heavy atom. The van der Waals surface area contributed by atoms with Crippen LogP contribution in [0.4, 0.5) is 5.69 Å². The second-order valence-electron chi connectivity index (χ2n) is 4.64. The zero-order valence-electron chi connectivity index (χ0n) is 10.5. The van der Waals surface area contributed by atoms with Crippen LogP contribution in [0.1, 0.15) is 38.2 Å². The predicted molar refractivity (Wildman–Crippen MR) is 70.2 cm³/mol. The second kappa shape index (κ2) is 5.21. The van der Waals surface area contributed by atoms with Crippen molar-refractivity contribution < 1.29 is 4.79 Å². The molecule has 0 bridgehead atoms. The molecule has 0 unspecified atom stereocenters. The maximum Gasteiger partial charge on any atom is 0.243 e. The summed E-state index contributed by atoms with van der Waals surface area (Å²) in [6.45, 7) is 5.00. The van der Waals surface area contributed by atoms with Crippen LogP contribution in [-0.2, 0) is 4.79 Å². The molecule has 3 nitrogen and oxygen atoms in total. The normalized spacial score (nSPS) is 21.8. The van der Waals surface area contributed by atoms with Crippen molar-refractivity contribution >= 4 is 11.6 Å². The summed E-state index contributed by atoms with van der Waals surface area (Å²) in [5, 5.41) is 6.29. The predicted octanol–water partition coefficient (Wildman–Crippen LogP) is 2.50. The Balaban J connectivity index is 1.99. The lowest BCUT2D eigenvalue weighted by Crippen LogP contribution is -2.40. The van der Waals surface area contributed by atoms with E-state index < -0.39 is 0 Å². The molecule has 1 heterocycles. The van der Waals surface area contributed by atoms with Crippen molar-refractivity contribution in [2.45, 2.75) is 38.6 Å². The van der Waals surface area contributed by atoms with Crippen LogP contribution in [0.2, 0.25) is 0 Å². The third-order valence-electron chi connectivity index (χ3n) is 3.37. The van der Waals surface area contributed by atoms with Gasteiger partial charge in [0.15, 0.2) is 0 Å². The van der Waals surface area contributed by atoms with Gasteiger partial charge in [0.25, 0.3) is 0 Å². The van der Waals surface area contributed by atoms with E-state index >= 15 is 0 Å². The van der Waals surface area contributed by atoms with E-state index in [-0.39, 0.29) is 17.9 Å². The number of nitrogens with one attached hydrogen (secondary N) is 2. The number of amides is 1. The number of unbranched alkanes of at least 4 members (excludes halogenated alkanes) is 1. The maximum absolute atomic E-state index is 12.0. The molecule has 1 aliphatic rings. The Kier molecular flexibility index (Phi) is 3.67. The molecule has 0 fully saturated rings. The van der Waals surface area contributed by atoms with Gasteiger partial charge in [0.05, 0.1) is 0 Å². The molecule has 0 radical (unpaired) electrons. The standard InChI is InChI=1S/C14H20N2O/c1-3-4-9-15-14(17)13-10(2)11-7-5-6-8-12(11)16-13/h5-8,10,13,16H,3-4,9H2,1-2H3,(H,15,17)/t10-,13-/m0/s1. The summed E-state index contributed by atoms with van der Waals surface area (Å²) in [7, 11) is 0. The molecule has 3 heteroatoms. The molecule has 1 aromatic rings. The van der Waals surface area contributed by atoms with Crippen LogP contribution in [0.25, 0.3) is 0 Å². The lowest BCUT2D eigenvalue weighted by molar-refractivity contribution is -0.122. The van der Waals surface area contributed by atoms with Gasteiger partial charge in [-0.3, -0.25) is 4.79 Å². The first-order valence-electron chi connectivity index (χ1n) is 6.37. The van der Waals surface area contributed by atoms with Crippen LogP contribution in [0.15, 0.2) is 24.3 Å². The van der Waals surface area contributed by atoms with E-state index in [0.717, 1.165) is 25.1 Å². The molecule has 2 rings (SSSR count). The third-order valence-corrected chi connectivity index (χ3v) is 3.37. The van der Waals surface area contributed by atoms with Crippen LogP contribution in [0.5, 0.6) is 0 Å². The molecule has 0 aromatic heterocycles. The van der Waals surface area contributed by atoms with Crippen molar-refractivity contribution in [2.75, 3.05) is 11.9 Å². The Morgan fingerprint density at radius 3 is 2.88 bits per heavy atom. The molecule has 17 heavy (non-hydrogen) atoms. The van der Waals surface area contributed by atoms with Crippen molar-refractivity contribution in [1.29, 1.82) is 0 Å². The minimum absolute atomic E-state index is 0.113. The van der Waals surface area contributed by atoms with Gasteiger partial charge < -0.3 is 10.6 Å². The quantitative estimate of drug-likeness (QED) is 0.783. The van der Waals surface area contributed by atoms with Gasteiger partial charge in [0.2, 0.25) is 5.91 Å². The van der Waals surface area contributed by atoms with E-state index in [0.29, 0.717) is 0 Å². The van der Waals surface area contributed by atoms with E-state index in [9.17, 15) is 4.79 Å². The number of rotatable bonds is 4. The average Bonchev–Trinajstić information content (AvgIpc) is 2.68. The second-order valence-corrected chi connectivity index (χ2v) is 4.64. The summed E-state index contributed by atoms with van der Waals surface area (Å²) >= 11 is 0. The smallest absolute Gasteiger partial charge is 0.243 e. The zero-order valence-corrected chi connectivity index (χ0v) is 10.5. The minimum atomic E-state index is -0.121. The molecule has 1 aliphatic heterocycles. The number of anilines is 1. The fraction of sp³-hybridized carbons (Fsp3) is 0.500. The summed E-state index contributed by atoms with van der Waals surface area (Å²) in [5.74, 6) is 0.356. The monoisotopic (exact) mass is 232 g/mol. The van der Waals surface area contributed by atoms with Gasteiger partial charge in [-0.25, -0.2) is 0 Å². The molecule has 0 aliphatic carbocycles. The van der Waals surface area contributed by atoms with E-state index in [4.69, 9.17) is 0 Å². The van der Waals surface area contributed by atoms with Crippen molar-refractivity contribution in [1.82, 2.24) is 5.32 Å². The van der Waals surface area contributed by atoms with E-state index in [2.05, 4.69) is 30.5 Å². The molecule has 92 valence electrons. The molecule has 2 N–H and O–H groups in total. The van der Waals surface area contributed by atoms with Crippen LogP contribution in [0.3, 0.4) is 0 Å². The fourth-order valence-electron chi connectivity index (χ4n) is 2.29. The van der Waals surface area contributed by atoms with Gasteiger partial charge in [-0.15, -0.1) is 0 Å². The first kappa shape index (κ1) is 12.0. The Hall–Kier alpha value is -1.51. The fourth-order valence-corrected chi connectivity index (χ4v) is 2.29. The van der Waals surface area contributed by atoms with E-state index in [1.165, 1.54) is 5.56 Å². The topological polar surface area (TPSA) is 41.1 Å². The maximum atomic E-state index is 12.0. The Labute approximate surface area is 103 Å². The van der Waals surface area contributed by atoms with Gasteiger partial charge in [-0.05, 0) is 18.1 Å². The highest BCUT2D eigenvalue weighted by atomic mass is 16.2. The molecule has 1 aromatic carbocycles. The summed E-state index contributed by atoms with van der Waals surface area (Å²) in [6, 6.07) is 8.02. The number of carbonyl (C=O) groups is 1. The van der Waals surface area contributed by atoms with Crippen molar-refractivity contribution in [3.63, 3.8) is 0 Å². The molecule has 1 amide bonds. The highest BCUT2D eigenvalue weighted by molar-refractivity contribution is 5.88. The highest BCUT2D eigenvalue weighted by Gasteiger charge is 2.33. The van der Waals surface area contributed by atoms with Crippen LogP contribution < -0.4 is 10.6 Å². The van der Waals surface area contributed by atoms with Gasteiger partial charge in [-0.1, -0.05) is 38.5 Å². The number of hydrogen-bond acceptors (Lipinski definition) is 2. The minimum Gasteiger partial charge on any atom is -0.373 e. The average molecular weight is 232 g/mol. The first-order valence-corrected chi connectivity index (χ1v) is 6.37. The molecular weight excluding hydrogens is 212 g/mol. The third kappa shape index (κ3) is 2.43. The molecule has 0 saturated carbocycles. The number of carbonyl (C=O) groups excluding carboxylic acids is 1. The summed E-state index contributed by atoms with van der Waals surface area (Å²) < 4.78 is 0. The van der Waals surface area contributed by atoms with Gasteiger partial charge in [-0.2, -0.15) is 0 Å². The molecular formula is C14H20N2O. The SMILES string of the molecule is CCCCNC(=O)[C@H]1Nc2ccccc2[C@@H]1C. The molecule has 0 spiro atoms. The number of benzene rings is 1. The lowest BCUT2D eigenvalue weighted by Gasteiger charge is -2.16. The first-order chi connectivity index (χ1) is 8.24. The molecule has 2 atom stereocenters. The van der Waals surface area contributed by atoms with Gasteiger partial charge >= 0.3 is 0 Å². The van der Waals surface area contributed by atoms with Crippen LogP contribution in [-0.4, -0.2) is 18.5 Å². The highest BCUT2D eigenvalue weighted by Crippen LogP contribution is 2.35. The van der Waals surface area contributed by atoms with Crippen LogP contribution in [0, 0.1) is 0 Å². The zero-order chi connectivity index (χ0) is 12.3. The van der Waals surface area contributed by atoms with Crippen molar-refractivity contribution in [2.24, 2.45) is 0 Å². The number of para-hydroxylation sites is 1. The van der Waals surface area contributed by atoms with Crippen LogP contribution >= 0.6 is 0 Å². The Morgan fingerprint density at radius 2 is 2.18 bits per heavy atom. The van der Waals surface area contributed by atoms with Gasteiger partial charge in [0.1, 0.15) is 6.04 Å². The Bertz CT molecular complexity index is 403. The van der Waals surface area contributed by atoms with E-state index in [1.54, 1.807) is 0 Å². The van der Waals surface area contributed by atoms with Crippen molar-refractivity contribution in [3.8, 4) is 0 Å². The lowest BCUT2D eigenvalue weighted by atomic mass is 9.97. The largest absolute Gasteiger partial charge is 0.373 e. The van der Waals surface area contributed by atoms with Gasteiger partial charge in [0, 0.05) is 18.2 Å². The van der Waals surface area contributed by atoms with E-state index in [1.807, 2.05) is 18.2 Å². The molecule has 0 saturated heterocycles. The van der Waals surface area contributed by atoms with Crippen molar-refractivity contribution in [3.05, 3.63) is 29.8 Å². The summed E-state index contributed by atoms with van der Waals surface area (Å²) in [4.78, 5) is 12.0.